The summed E-state index contributed by atoms with van der Waals surface area (Å²) in [6.45, 7) is 4.03. The third-order valence-electron chi connectivity index (χ3n) is 2.98. The molecule has 0 spiro atoms. The molecule has 1 aliphatic carbocycles. The van der Waals surface area contributed by atoms with Crippen LogP contribution in [-0.2, 0) is 0 Å². The molecular formula is C11H16N2O2. The van der Waals surface area contributed by atoms with Crippen molar-refractivity contribution in [3.63, 3.8) is 0 Å². The Bertz CT molecular complexity index is 380. The zero-order valence-electron chi connectivity index (χ0n) is 9.10. The fourth-order valence-corrected chi connectivity index (χ4v) is 1.66. The maximum atomic E-state index is 11.0. The van der Waals surface area contributed by atoms with Crippen molar-refractivity contribution < 1.29 is 9.90 Å². The fourth-order valence-electron chi connectivity index (χ4n) is 1.66. The van der Waals surface area contributed by atoms with E-state index in [1.54, 1.807) is 10.7 Å². The summed E-state index contributed by atoms with van der Waals surface area (Å²) in [4.78, 5) is 11.0. The van der Waals surface area contributed by atoms with Gasteiger partial charge in [-0.25, -0.2) is 4.79 Å². The van der Waals surface area contributed by atoms with Gasteiger partial charge in [0.15, 0.2) is 0 Å². The SMILES string of the molecule is CCC(C)n1nc(C2CC2)cc1C(=O)O. The molecule has 1 aromatic rings. The molecule has 0 aliphatic heterocycles. The van der Waals surface area contributed by atoms with E-state index >= 15 is 0 Å². The maximum absolute atomic E-state index is 11.0. The first-order valence-corrected chi connectivity index (χ1v) is 5.46. The third kappa shape index (κ3) is 1.89. The fraction of sp³-hybridized carbons (Fsp3) is 0.636. The van der Waals surface area contributed by atoms with Crippen LogP contribution in [0.3, 0.4) is 0 Å². The second kappa shape index (κ2) is 3.68. The van der Waals surface area contributed by atoms with Crippen LogP contribution in [0.15, 0.2) is 6.07 Å². The van der Waals surface area contributed by atoms with E-state index in [-0.39, 0.29) is 6.04 Å². The zero-order chi connectivity index (χ0) is 11.0. The minimum Gasteiger partial charge on any atom is -0.477 e. The van der Waals surface area contributed by atoms with Gasteiger partial charge in [-0.15, -0.1) is 0 Å². The van der Waals surface area contributed by atoms with Crippen LogP contribution in [0.2, 0.25) is 0 Å². The molecule has 0 radical (unpaired) electrons. The molecule has 1 heterocycles. The molecule has 4 heteroatoms. The molecule has 0 amide bonds. The summed E-state index contributed by atoms with van der Waals surface area (Å²) in [5, 5.41) is 13.5. The maximum Gasteiger partial charge on any atom is 0.354 e. The highest BCUT2D eigenvalue weighted by Gasteiger charge is 2.29. The average molecular weight is 208 g/mol. The monoisotopic (exact) mass is 208 g/mol. The molecule has 82 valence electrons. The van der Waals surface area contributed by atoms with Gasteiger partial charge in [0.2, 0.25) is 0 Å². The van der Waals surface area contributed by atoms with Gasteiger partial charge in [-0.1, -0.05) is 6.92 Å². The van der Waals surface area contributed by atoms with Crippen molar-refractivity contribution in [3.05, 3.63) is 17.5 Å². The minimum absolute atomic E-state index is 0.156. The minimum atomic E-state index is -0.880. The van der Waals surface area contributed by atoms with E-state index in [4.69, 9.17) is 5.11 Å². The smallest absolute Gasteiger partial charge is 0.354 e. The van der Waals surface area contributed by atoms with Gasteiger partial charge < -0.3 is 5.11 Å². The normalized spacial score (nSPS) is 17.7. The zero-order valence-corrected chi connectivity index (χ0v) is 9.10. The lowest BCUT2D eigenvalue weighted by atomic mass is 10.2. The summed E-state index contributed by atoms with van der Waals surface area (Å²) in [6.07, 6.45) is 3.19. The van der Waals surface area contributed by atoms with Gasteiger partial charge in [-0.3, -0.25) is 4.68 Å². The number of aromatic nitrogens is 2. The van der Waals surface area contributed by atoms with Crippen LogP contribution in [-0.4, -0.2) is 20.9 Å². The molecule has 0 saturated heterocycles. The molecule has 1 fully saturated rings. The second-order valence-corrected chi connectivity index (χ2v) is 4.24. The van der Waals surface area contributed by atoms with Crippen molar-refractivity contribution in [3.8, 4) is 0 Å². The van der Waals surface area contributed by atoms with Crippen molar-refractivity contribution in [1.29, 1.82) is 0 Å². The molecule has 1 saturated carbocycles. The number of rotatable bonds is 4. The Labute approximate surface area is 88.9 Å². The number of aromatic carboxylic acids is 1. The summed E-state index contributed by atoms with van der Waals surface area (Å²) in [6, 6.07) is 1.88. The Balaban J connectivity index is 2.36. The number of carbonyl (C=O) groups is 1. The largest absolute Gasteiger partial charge is 0.477 e. The van der Waals surface area contributed by atoms with E-state index in [0.29, 0.717) is 11.6 Å². The van der Waals surface area contributed by atoms with Crippen LogP contribution in [0.4, 0.5) is 0 Å². The van der Waals surface area contributed by atoms with Gasteiger partial charge in [0.05, 0.1) is 5.69 Å². The third-order valence-corrected chi connectivity index (χ3v) is 2.98. The van der Waals surface area contributed by atoms with E-state index in [2.05, 4.69) is 5.10 Å². The van der Waals surface area contributed by atoms with Gasteiger partial charge in [-0.05, 0) is 32.3 Å². The predicted octanol–water partition coefficient (Wildman–Crippen LogP) is 2.43. The summed E-state index contributed by atoms with van der Waals surface area (Å²) in [7, 11) is 0. The van der Waals surface area contributed by atoms with Crippen molar-refractivity contribution in [2.75, 3.05) is 0 Å². The molecule has 0 aromatic carbocycles. The van der Waals surface area contributed by atoms with Gasteiger partial charge in [-0.2, -0.15) is 5.10 Å². The van der Waals surface area contributed by atoms with Crippen LogP contribution in [0.5, 0.6) is 0 Å². The molecule has 2 rings (SSSR count). The van der Waals surface area contributed by atoms with E-state index in [1.165, 1.54) is 0 Å². The molecule has 4 nitrogen and oxygen atoms in total. The highest BCUT2D eigenvalue weighted by molar-refractivity contribution is 5.85. The summed E-state index contributed by atoms with van der Waals surface area (Å²) in [5.74, 6) is -0.372. The van der Waals surface area contributed by atoms with E-state index in [1.807, 2.05) is 13.8 Å². The van der Waals surface area contributed by atoms with E-state index in [0.717, 1.165) is 25.0 Å². The van der Waals surface area contributed by atoms with Crippen molar-refractivity contribution >= 4 is 5.97 Å². The molecule has 0 bridgehead atoms. The molecule has 1 N–H and O–H groups in total. The molecule has 15 heavy (non-hydrogen) atoms. The molecule has 1 aromatic heterocycles. The first kappa shape index (κ1) is 10.2. The summed E-state index contributed by atoms with van der Waals surface area (Å²) >= 11 is 0. The number of hydrogen-bond donors (Lipinski definition) is 1. The van der Waals surface area contributed by atoms with Crippen molar-refractivity contribution in [1.82, 2.24) is 9.78 Å². The molecular weight excluding hydrogens is 192 g/mol. The topological polar surface area (TPSA) is 55.1 Å². The Morgan fingerprint density at radius 1 is 1.73 bits per heavy atom. The van der Waals surface area contributed by atoms with Crippen LogP contribution in [0.25, 0.3) is 0 Å². The average Bonchev–Trinajstić information content (AvgIpc) is 2.96. The molecule has 1 aliphatic rings. The standard InChI is InChI=1S/C11H16N2O2/c1-3-7(2)13-10(11(14)15)6-9(12-13)8-4-5-8/h6-8H,3-5H2,1-2H3,(H,14,15). The van der Waals surface area contributed by atoms with Gasteiger partial charge in [0, 0.05) is 12.0 Å². The number of hydrogen-bond acceptors (Lipinski definition) is 2. The van der Waals surface area contributed by atoms with Crippen molar-refractivity contribution in [2.45, 2.75) is 45.1 Å². The van der Waals surface area contributed by atoms with Gasteiger partial charge in [0.1, 0.15) is 5.69 Å². The lowest BCUT2D eigenvalue weighted by Crippen LogP contribution is -2.13. The van der Waals surface area contributed by atoms with Gasteiger partial charge in [0.25, 0.3) is 0 Å². The Kier molecular flexibility index (Phi) is 2.50. The van der Waals surface area contributed by atoms with Crippen LogP contribution >= 0.6 is 0 Å². The van der Waals surface area contributed by atoms with Gasteiger partial charge >= 0.3 is 5.97 Å². The van der Waals surface area contributed by atoms with Crippen LogP contribution < -0.4 is 0 Å². The number of carboxylic acids is 1. The number of nitrogens with zero attached hydrogens (tertiary/aromatic N) is 2. The summed E-state index contributed by atoms with van der Waals surface area (Å²) in [5.41, 5.74) is 1.28. The Morgan fingerprint density at radius 3 is 2.87 bits per heavy atom. The highest BCUT2D eigenvalue weighted by atomic mass is 16.4. The Hall–Kier alpha value is -1.32. The summed E-state index contributed by atoms with van der Waals surface area (Å²) < 4.78 is 1.65. The second-order valence-electron chi connectivity index (χ2n) is 4.24. The first-order valence-electron chi connectivity index (χ1n) is 5.46. The lowest BCUT2D eigenvalue weighted by Gasteiger charge is -2.10. The van der Waals surface area contributed by atoms with Crippen LogP contribution in [0.1, 0.15) is 61.3 Å². The van der Waals surface area contributed by atoms with Crippen molar-refractivity contribution in [2.24, 2.45) is 0 Å². The van der Waals surface area contributed by atoms with Crippen LogP contribution in [0, 0.1) is 0 Å². The predicted molar refractivity (Wildman–Crippen MR) is 56.2 cm³/mol. The van der Waals surface area contributed by atoms with E-state index in [9.17, 15) is 4.79 Å². The first-order chi connectivity index (χ1) is 7.13. The lowest BCUT2D eigenvalue weighted by molar-refractivity contribution is 0.0680. The quantitative estimate of drug-likeness (QED) is 0.826. The van der Waals surface area contributed by atoms with E-state index < -0.39 is 5.97 Å². The highest BCUT2D eigenvalue weighted by Crippen LogP contribution is 2.39. The number of carboxylic acid groups (broad SMARTS) is 1. The Morgan fingerprint density at radius 2 is 2.40 bits per heavy atom. The molecule has 1 atom stereocenters. The molecule has 1 unspecified atom stereocenters.